The number of aromatic nitrogens is 2. The van der Waals surface area contributed by atoms with Crippen molar-refractivity contribution >= 4 is 17.5 Å². The van der Waals surface area contributed by atoms with Crippen LogP contribution in [0, 0.1) is 6.92 Å². The minimum absolute atomic E-state index is 0.264. The SMILES string of the molecule is CCN(Cc1ccccc1)c1nc(C)cc(Nc2ccc3c(c2)OCO3)n1. The molecule has 6 heteroatoms. The zero-order valence-corrected chi connectivity index (χ0v) is 15.5. The Kier molecular flexibility index (Phi) is 4.78. The van der Waals surface area contributed by atoms with Crippen molar-refractivity contribution in [2.45, 2.75) is 20.4 Å². The molecular weight excluding hydrogens is 340 g/mol. The Morgan fingerprint density at radius 2 is 1.81 bits per heavy atom. The second kappa shape index (κ2) is 7.53. The van der Waals surface area contributed by atoms with Crippen LogP contribution in [-0.2, 0) is 6.54 Å². The summed E-state index contributed by atoms with van der Waals surface area (Å²) >= 11 is 0. The summed E-state index contributed by atoms with van der Waals surface area (Å²) in [6.07, 6.45) is 0. The molecule has 2 heterocycles. The molecular formula is C21H22N4O2. The summed E-state index contributed by atoms with van der Waals surface area (Å²) in [6.45, 7) is 5.94. The predicted octanol–water partition coefficient (Wildman–Crippen LogP) is 4.28. The van der Waals surface area contributed by atoms with Crippen molar-refractivity contribution < 1.29 is 9.47 Å². The first kappa shape index (κ1) is 17.1. The molecule has 0 atom stereocenters. The van der Waals surface area contributed by atoms with Crippen LogP contribution in [-0.4, -0.2) is 23.3 Å². The fourth-order valence-electron chi connectivity index (χ4n) is 3.01. The van der Waals surface area contributed by atoms with Gasteiger partial charge in [-0.05, 0) is 31.5 Å². The second-order valence-electron chi connectivity index (χ2n) is 6.39. The number of rotatable bonds is 6. The number of nitrogens with zero attached hydrogens (tertiary/aromatic N) is 3. The van der Waals surface area contributed by atoms with Crippen molar-refractivity contribution in [1.82, 2.24) is 9.97 Å². The van der Waals surface area contributed by atoms with E-state index in [0.717, 1.165) is 41.8 Å². The van der Waals surface area contributed by atoms with Crippen LogP contribution in [0.25, 0.3) is 0 Å². The minimum atomic E-state index is 0.264. The molecule has 27 heavy (non-hydrogen) atoms. The molecule has 0 fully saturated rings. The van der Waals surface area contributed by atoms with E-state index in [-0.39, 0.29) is 6.79 Å². The summed E-state index contributed by atoms with van der Waals surface area (Å²) in [5.74, 6) is 2.97. The number of nitrogens with one attached hydrogen (secondary N) is 1. The smallest absolute Gasteiger partial charge is 0.231 e. The molecule has 1 aliphatic heterocycles. The van der Waals surface area contributed by atoms with E-state index in [9.17, 15) is 0 Å². The average molecular weight is 362 g/mol. The molecule has 0 amide bonds. The third-order valence-corrected chi connectivity index (χ3v) is 4.37. The summed E-state index contributed by atoms with van der Waals surface area (Å²) in [5.41, 5.74) is 3.04. The van der Waals surface area contributed by atoms with Gasteiger partial charge in [0, 0.05) is 36.6 Å². The molecule has 0 saturated carbocycles. The van der Waals surface area contributed by atoms with E-state index in [1.54, 1.807) is 0 Å². The number of aryl methyl sites for hydroxylation is 1. The van der Waals surface area contributed by atoms with Crippen molar-refractivity contribution in [2.75, 3.05) is 23.6 Å². The summed E-state index contributed by atoms with van der Waals surface area (Å²) < 4.78 is 10.8. The molecule has 3 aromatic rings. The molecule has 0 bridgehead atoms. The van der Waals surface area contributed by atoms with Gasteiger partial charge in [-0.25, -0.2) is 4.98 Å². The highest BCUT2D eigenvalue weighted by molar-refractivity contribution is 5.62. The zero-order valence-electron chi connectivity index (χ0n) is 15.5. The molecule has 0 unspecified atom stereocenters. The van der Waals surface area contributed by atoms with E-state index >= 15 is 0 Å². The number of hydrogen-bond acceptors (Lipinski definition) is 6. The van der Waals surface area contributed by atoms with E-state index in [1.165, 1.54) is 5.56 Å². The standard InChI is InChI=1S/C21H22N4O2/c1-3-25(13-16-7-5-4-6-8-16)21-22-15(2)11-20(24-21)23-17-9-10-18-19(12-17)27-14-26-18/h4-12H,3,13-14H2,1-2H3,(H,22,23,24). The molecule has 4 rings (SSSR count). The Hall–Kier alpha value is -3.28. The van der Waals surface area contributed by atoms with Crippen LogP contribution < -0.4 is 19.7 Å². The lowest BCUT2D eigenvalue weighted by molar-refractivity contribution is 0.174. The Bertz CT molecular complexity index is 931. The highest BCUT2D eigenvalue weighted by Gasteiger charge is 2.14. The molecule has 0 aliphatic carbocycles. The molecule has 138 valence electrons. The van der Waals surface area contributed by atoms with Gasteiger partial charge in [-0.15, -0.1) is 0 Å². The van der Waals surface area contributed by atoms with Gasteiger partial charge in [0.1, 0.15) is 5.82 Å². The van der Waals surface area contributed by atoms with Crippen molar-refractivity contribution in [3.8, 4) is 11.5 Å². The average Bonchev–Trinajstić information content (AvgIpc) is 3.14. The summed E-state index contributed by atoms with van der Waals surface area (Å²) in [5, 5.41) is 3.34. The molecule has 0 saturated heterocycles. The molecule has 1 aromatic heterocycles. The highest BCUT2D eigenvalue weighted by Crippen LogP contribution is 2.35. The molecule has 0 radical (unpaired) electrons. The Balaban J connectivity index is 1.57. The van der Waals surface area contributed by atoms with Gasteiger partial charge < -0.3 is 19.7 Å². The molecule has 0 spiro atoms. The molecule has 1 N–H and O–H groups in total. The predicted molar refractivity (Wildman–Crippen MR) is 106 cm³/mol. The van der Waals surface area contributed by atoms with Crippen LogP contribution in [0.1, 0.15) is 18.2 Å². The number of benzene rings is 2. The molecule has 6 nitrogen and oxygen atoms in total. The zero-order chi connectivity index (χ0) is 18.6. The second-order valence-corrected chi connectivity index (χ2v) is 6.39. The maximum absolute atomic E-state index is 5.44. The topological polar surface area (TPSA) is 59.5 Å². The first-order chi connectivity index (χ1) is 13.2. The van der Waals surface area contributed by atoms with E-state index in [1.807, 2.05) is 49.4 Å². The number of hydrogen-bond donors (Lipinski definition) is 1. The van der Waals surface area contributed by atoms with Crippen LogP contribution in [0.4, 0.5) is 17.5 Å². The van der Waals surface area contributed by atoms with Gasteiger partial charge in [0.2, 0.25) is 12.7 Å². The fourth-order valence-corrected chi connectivity index (χ4v) is 3.01. The normalized spacial score (nSPS) is 12.1. The Morgan fingerprint density at radius 3 is 2.63 bits per heavy atom. The first-order valence-corrected chi connectivity index (χ1v) is 9.02. The van der Waals surface area contributed by atoms with Crippen LogP contribution in [0.3, 0.4) is 0 Å². The summed E-state index contributed by atoms with van der Waals surface area (Å²) in [6, 6.07) is 18.1. The molecule has 1 aliphatic rings. The van der Waals surface area contributed by atoms with Gasteiger partial charge in [0.05, 0.1) is 0 Å². The van der Waals surface area contributed by atoms with Crippen LogP contribution in [0.15, 0.2) is 54.6 Å². The van der Waals surface area contributed by atoms with Crippen LogP contribution in [0.5, 0.6) is 11.5 Å². The monoisotopic (exact) mass is 362 g/mol. The first-order valence-electron chi connectivity index (χ1n) is 9.02. The maximum Gasteiger partial charge on any atom is 0.231 e. The van der Waals surface area contributed by atoms with E-state index in [4.69, 9.17) is 14.5 Å². The van der Waals surface area contributed by atoms with Gasteiger partial charge in [-0.3, -0.25) is 0 Å². The van der Waals surface area contributed by atoms with Gasteiger partial charge in [0.25, 0.3) is 0 Å². The van der Waals surface area contributed by atoms with Gasteiger partial charge >= 0.3 is 0 Å². The highest BCUT2D eigenvalue weighted by atomic mass is 16.7. The molecule has 2 aromatic carbocycles. The number of ether oxygens (including phenoxy) is 2. The van der Waals surface area contributed by atoms with E-state index in [2.05, 4.69) is 34.3 Å². The third kappa shape index (κ3) is 3.95. The quantitative estimate of drug-likeness (QED) is 0.706. The summed E-state index contributed by atoms with van der Waals surface area (Å²) in [4.78, 5) is 11.5. The largest absolute Gasteiger partial charge is 0.454 e. The lowest BCUT2D eigenvalue weighted by Gasteiger charge is -2.22. The lowest BCUT2D eigenvalue weighted by atomic mass is 10.2. The van der Waals surface area contributed by atoms with Gasteiger partial charge in [-0.1, -0.05) is 30.3 Å². The van der Waals surface area contributed by atoms with Crippen molar-refractivity contribution in [1.29, 1.82) is 0 Å². The van der Waals surface area contributed by atoms with Crippen LogP contribution in [0.2, 0.25) is 0 Å². The summed E-state index contributed by atoms with van der Waals surface area (Å²) in [7, 11) is 0. The third-order valence-electron chi connectivity index (χ3n) is 4.37. The van der Waals surface area contributed by atoms with Crippen LogP contribution >= 0.6 is 0 Å². The van der Waals surface area contributed by atoms with Crippen molar-refractivity contribution in [3.05, 3.63) is 65.9 Å². The fraction of sp³-hybridized carbons (Fsp3) is 0.238. The van der Waals surface area contributed by atoms with Gasteiger partial charge in [-0.2, -0.15) is 4.98 Å². The van der Waals surface area contributed by atoms with Gasteiger partial charge in [0.15, 0.2) is 11.5 Å². The lowest BCUT2D eigenvalue weighted by Crippen LogP contribution is -2.24. The Labute approximate surface area is 158 Å². The van der Waals surface area contributed by atoms with Crippen molar-refractivity contribution in [3.63, 3.8) is 0 Å². The number of fused-ring (bicyclic) bond motifs is 1. The van der Waals surface area contributed by atoms with Crippen molar-refractivity contribution in [2.24, 2.45) is 0 Å². The van der Waals surface area contributed by atoms with E-state index < -0.39 is 0 Å². The Morgan fingerprint density at radius 1 is 1.00 bits per heavy atom. The minimum Gasteiger partial charge on any atom is -0.454 e. The maximum atomic E-state index is 5.44. The number of anilines is 3. The van der Waals surface area contributed by atoms with E-state index in [0.29, 0.717) is 5.95 Å².